The third kappa shape index (κ3) is 2.13. The molecule has 1 aromatic rings. The maximum absolute atomic E-state index is 11.7. The van der Waals surface area contributed by atoms with Gasteiger partial charge in [0.15, 0.2) is 0 Å². The molecule has 1 atom stereocenters. The van der Waals surface area contributed by atoms with Gasteiger partial charge in [0.1, 0.15) is 0 Å². The van der Waals surface area contributed by atoms with E-state index in [2.05, 4.69) is 0 Å². The van der Waals surface area contributed by atoms with Gasteiger partial charge in [-0.25, -0.2) is 4.79 Å². The number of aromatic nitrogens is 1. The summed E-state index contributed by atoms with van der Waals surface area (Å²) < 4.78 is 1.49. The lowest BCUT2D eigenvalue weighted by Gasteiger charge is -2.14. The van der Waals surface area contributed by atoms with E-state index in [9.17, 15) is 9.59 Å². The normalized spacial score (nSPS) is 19.0. The number of amides is 1. The fraction of sp³-hybridized carbons (Fsp3) is 0.364. The SMILES string of the molecule is N#Cc1ccn(C2CCN(C(=O)O)C2)c(=O)c1. The van der Waals surface area contributed by atoms with Gasteiger partial charge in [0.25, 0.3) is 5.56 Å². The van der Waals surface area contributed by atoms with Crippen LogP contribution in [0.4, 0.5) is 4.79 Å². The zero-order valence-corrected chi connectivity index (χ0v) is 9.04. The van der Waals surface area contributed by atoms with Crippen LogP contribution in [-0.2, 0) is 0 Å². The van der Waals surface area contributed by atoms with Gasteiger partial charge in [0, 0.05) is 25.4 Å². The number of rotatable bonds is 1. The molecule has 0 aromatic carbocycles. The molecule has 1 aliphatic rings. The lowest BCUT2D eigenvalue weighted by molar-refractivity contribution is 0.154. The number of likely N-dealkylation sites (tertiary alicyclic amines) is 1. The third-order valence-corrected chi connectivity index (χ3v) is 2.90. The van der Waals surface area contributed by atoms with E-state index in [0.29, 0.717) is 25.1 Å². The summed E-state index contributed by atoms with van der Waals surface area (Å²) in [4.78, 5) is 23.8. The van der Waals surface area contributed by atoms with Crippen molar-refractivity contribution in [3.8, 4) is 6.07 Å². The van der Waals surface area contributed by atoms with E-state index in [1.807, 2.05) is 6.07 Å². The van der Waals surface area contributed by atoms with Crippen molar-refractivity contribution in [1.82, 2.24) is 9.47 Å². The zero-order valence-electron chi connectivity index (χ0n) is 9.04. The summed E-state index contributed by atoms with van der Waals surface area (Å²) >= 11 is 0. The second kappa shape index (κ2) is 4.29. The smallest absolute Gasteiger partial charge is 0.407 e. The molecule has 1 aromatic heterocycles. The Hall–Kier alpha value is -2.29. The van der Waals surface area contributed by atoms with E-state index in [4.69, 9.17) is 10.4 Å². The van der Waals surface area contributed by atoms with Gasteiger partial charge < -0.3 is 14.6 Å². The third-order valence-electron chi connectivity index (χ3n) is 2.90. The standard InChI is InChI=1S/C11H11N3O3/c12-6-8-1-4-14(10(15)5-8)9-2-3-13(7-9)11(16)17/h1,4-5,9H,2-3,7H2,(H,16,17). The molecule has 0 bridgehead atoms. The molecule has 1 N–H and O–H groups in total. The van der Waals surface area contributed by atoms with Crippen LogP contribution in [0.1, 0.15) is 18.0 Å². The second-order valence-corrected chi connectivity index (χ2v) is 3.94. The van der Waals surface area contributed by atoms with Gasteiger partial charge in [-0.2, -0.15) is 5.26 Å². The summed E-state index contributed by atoms with van der Waals surface area (Å²) in [6.07, 6.45) is 1.21. The van der Waals surface area contributed by atoms with Crippen molar-refractivity contribution >= 4 is 6.09 Å². The Morgan fingerprint density at radius 1 is 1.59 bits per heavy atom. The largest absolute Gasteiger partial charge is 0.465 e. The summed E-state index contributed by atoms with van der Waals surface area (Å²) in [5.41, 5.74) is 0.0561. The Balaban J connectivity index is 2.23. The van der Waals surface area contributed by atoms with Crippen molar-refractivity contribution in [2.24, 2.45) is 0 Å². The lowest BCUT2D eigenvalue weighted by Crippen LogP contribution is -2.30. The number of carbonyl (C=O) groups is 1. The molecule has 0 spiro atoms. The summed E-state index contributed by atoms with van der Waals surface area (Å²) in [5, 5.41) is 17.5. The quantitative estimate of drug-likeness (QED) is 0.771. The molecule has 1 unspecified atom stereocenters. The van der Waals surface area contributed by atoms with Crippen molar-refractivity contribution in [1.29, 1.82) is 5.26 Å². The molecule has 2 rings (SSSR count). The van der Waals surface area contributed by atoms with Crippen LogP contribution >= 0.6 is 0 Å². The van der Waals surface area contributed by atoms with Crippen molar-refractivity contribution in [2.45, 2.75) is 12.5 Å². The predicted molar refractivity (Wildman–Crippen MR) is 58.7 cm³/mol. The van der Waals surface area contributed by atoms with Crippen LogP contribution in [0.3, 0.4) is 0 Å². The lowest BCUT2D eigenvalue weighted by atomic mass is 10.2. The monoisotopic (exact) mass is 233 g/mol. The van der Waals surface area contributed by atoms with E-state index in [0.717, 1.165) is 0 Å². The maximum Gasteiger partial charge on any atom is 0.407 e. The molecule has 6 heteroatoms. The minimum atomic E-state index is -0.964. The maximum atomic E-state index is 11.7. The van der Waals surface area contributed by atoms with E-state index in [1.54, 1.807) is 12.3 Å². The van der Waals surface area contributed by atoms with Crippen LogP contribution in [-0.4, -0.2) is 33.8 Å². The molecular formula is C11H11N3O3. The molecule has 1 saturated heterocycles. The number of carboxylic acid groups (broad SMARTS) is 1. The number of nitriles is 1. The van der Waals surface area contributed by atoms with Crippen LogP contribution in [0.5, 0.6) is 0 Å². The molecule has 0 radical (unpaired) electrons. The van der Waals surface area contributed by atoms with Gasteiger partial charge in [0.05, 0.1) is 17.7 Å². The zero-order chi connectivity index (χ0) is 12.4. The Labute approximate surface area is 97.3 Å². The molecular weight excluding hydrogens is 222 g/mol. The van der Waals surface area contributed by atoms with E-state index in [1.165, 1.54) is 15.5 Å². The highest BCUT2D eigenvalue weighted by Crippen LogP contribution is 2.19. The molecule has 1 amide bonds. The van der Waals surface area contributed by atoms with Crippen molar-refractivity contribution in [3.63, 3.8) is 0 Å². The second-order valence-electron chi connectivity index (χ2n) is 3.94. The summed E-state index contributed by atoms with van der Waals surface area (Å²) in [7, 11) is 0. The van der Waals surface area contributed by atoms with E-state index < -0.39 is 6.09 Å². The Morgan fingerprint density at radius 3 is 2.88 bits per heavy atom. The van der Waals surface area contributed by atoms with E-state index >= 15 is 0 Å². The molecule has 0 aliphatic carbocycles. The van der Waals surface area contributed by atoms with Gasteiger partial charge in [-0.05, 0) is 12.5 Å². The van der Waals surface area contributed by atoms with E-state index in [-0.39, 0.29) is 11.6 Å². The molecule has 6 nitrogen and oxygen atoms in total. The topological polar surface area (TPSA) is 86.3 Å². The molecule has 1 fully saturated rings. The van der Waals surface area contributed by atoms with Crippen molar-refractivity contribution < 1.29 is 9.90 Å². The van der Waals surface area contributed by atoms with Crippen molar-refractivity contribution in [3.05, 3.63) is 34.2 Å². The number of hydrogen-bond donors (Lipinski definition) is 1. The molecule has 88 valence electrons. The predicted octanol–water partition coefficient (Wildman–Crippen LogP) is 0.645. The first-order valence-electron chi connectivity index (χ1n) is 5.22. The Kier molecular flexibility index (Phi) is 2.83. The summed E-state index contributed by atoms with van der Waals surface area (Å²) in [6.45, 7) is 0.758. The fourth-order valence-electron chi connectivity index (χ4n) is 2.00. The number of nitrogens with zero attached hydrogens (tertiary/aromatic N) is 3. The van der Waals surface area contributed by atoms with Gasteiger partial charge in [0.2, 0.25) is 0 Å². The Morgan fingerprint density at radius 2 is 2.35 bits per heavy atom. The van der Waals surface area contributed by atoms with Gasteiger partial charge in [-0.3, -0.25) is 4.79 Å². The Bertz CT molecular complexity index is 544. The first-order chi connectivity index (χ1) is 8.11. The molecule has 0 saturated carbocycles. The minimum absolute atomic E-state index is 0.133. The summed E-state index contributed by atoms with van der Waals surface area (Å²) in [6, 6.07) is 4.59. The molecule has 1 aliphatic heterocycles. The van der Waals surface area contributed by atoms with Crippen molar-refractivity contribution in [2.75, 3.05) is 13.1 Å². The van der Waals surface area contributed by atoms with Crippen LogP contribution in [0, 0.1) is 11.3 Å². The number of hydrogen-bond acceptors (Lipinski definition) is 3. The van der Waals surface area contributed by atoms with Gasteiger partial charge in [-0.1, -0.05) is 0 Å². The average Bonchev–Trinajstić information content (AvgIpc) is 2.78. The molecule has 2 heterocycles. The highest BCUT2D eigenvalue weighted by molar-refractivity contribution is 5.65. The van der Waals surface area contributed by atoms with Gasteiger partial charge >= 0.3 is 6.09 Å². The van der Waals surface area contributed by atoms with Crippen LogP contribution < -0.4 is 5.56 Å². The first-order valence-corrected chi connectivity index (χ1v) is 5.22. The van der Waals surface area contributed by atoms with Crippen LogP contribution in [0.2, 0.25) is 0 Å². The number of pyridine rings is 1. The van der Waals surface area contributed by atoms with Gasteiger partial charge in [-0.15, -0.1) is 0 Å². The minimum Gasteiger partial charge on any atom is -0.465 e. The molecule has 17 heavy (non-hydrogen) atoms. The highest BCUT2D eigenvalue weighted by atomic mass is 16.4. The average molecular weight is 233 g/mol. The fourth-order valence-corrected chi connectivity index (χ4v) is 2.00. The summed E-state index contributed by atoms with van der Waals surface area (Å²) in [5.74, 6) is 0. The first kappa shape index (κ1) is 11.2. The highest BCUT2D eigenvalue weighted by Gasteiger charge is 2.27. The van der Waals surface area contributed by atoms with Crippen LogP contribution in [0.25, 0.3) is 0 Å². The van der Waals surface area contributed by atoms with Crippen LogP contribution in [0.15, 0.2) is 23.1 Å².